The zero-order valence-corrected chi connectivity index (χ0v) is 13.4. The Morgan fingerprint density at radius 3 is 2.86 bits per heavy atom. The summed E-state index contributed by atoms with van der Waals surface area (Å²) < 4.78 is 11.2. The molecule has 1 heterocycles. The Hall–Kier alpha value is -0.870. The highest BCUT2D eigenvalue weighted by Crippen LogP contribution is 2.61. The molecule has 4 nitrogen and oxygen atoms in total. The van der Waals surface area contributed by atoms with E-state index in [-0.39, 0.29) is 23.4 Å². The lowest BCUT2D eigenvalue weighted by atomic mass is 9.52. The third kappa shape index (κ3) is 2.15. The summed E-state index contributed by atoms with van der Waals surface area (Å²) in [7, 11) is 0. The number of aliphatic hydroxyl groups is 1. The van der Waals surface area contributed by atoms with E-state index in [0.29, 0.717) is 24.9 Å². The monoisotopic (exact) mass is 294 g/mol. The second-order valence-corrected chi connectivity index (χ2v) is 7.37. The number of hydrogen-bond acceptors (Lipinski definition) is 4. The van der Waals surface area contributed by atoms with E-state index in [2.05, 4.69) is 26.8 Å². The normalized spacial score (nSPS) is 49.1. The van der Waals surface area contributed by atoms with Crippen LogP contribution < -0.4 is 0 Å². The van der Waals surface area contributed by atoms with Gasteiger partial charge in [0.25, 0.3) is 0 Å². The average Bonchev–Trinajstić information content (AvgIpc) is 2.68. The lowest BCUT2D eigenvalue weighted by Gasteiger charge is -2.55. The fraction of sp³-hybridized carbons (Fsp3) is 0.824. The van der Waals surface area contributed by atoms with Crippen LogP contribution in [0.2, 0.25) is 0 Å². The molecule has 0 amide bonds. The van der Waals surface area contributed by atoms with E-state index < -0.39 is 5.79 Å². The molecule has 0 bridgehead atoms. The van der Waals surface area contributed by atoms with Crippen LogP contribution in [0.1, 0.15) is 47.0 Å². The van der Waals surface area contributed by atoms with Gasteiger partial charge in [-0.3, -0.25) is 4.79 Å². The Kier molecular flexibility index (Phi) is 3.45. The summed E-state index contributed by atoms with van der Waals surface area (Å²) in [5, 5.41) is 10.9. The third-order valence-electron chi connectivity index (χ3n) is 6.06. The molecule has 0 radical (unpaired) electrons. The van der Waals surface area contributed by atoms with Crippen molar-refractivity contribution in [3.63, 3.8) is 0 Å². The molecule has 1 saturated carbocycles. The first-order valence-corrected chi connectivity index (χ1v) is 8.02. The van der Waals surface area contributed by atoms with Gasteiger partial charge in [0.05, 0.1) is 6.61 Å². The predicted octanol–water partition coefficient (Wildman–Crippen LogP) is 2.66. The second kappa shape index (κ2) is 4.82. The molecule has 2 aliphatic carbocycles. The molecule has 1 N–H and O–H groups in total. The molecule has 0 aromatic carbocycles. The van der Waals surface area contributed by atoms with Crippen LogP contribution in [0, 0.1) is 23.2 Å². The Morgan fingerprint density at radius 1 is 1.48 bits per heavy atom. The van der Waals surface area contributed by atoms with Crippen molar-refractivity contribution in [2.24, 2.45) is 23.2 Å². The number of esters is 1. The average molecular weight is 294 g/mol. The van der Waals surface area contributed by atoms with Crippen LogP contribution in [0.4, 0.5) is 0 Å². The van der Waals surface area contributed by atoms with Crippen LogP contribution >= 0.6 is 0 Å². The van der Waals surface area contributed by atoms with Gasteiger partial charge in [-0.2, -0.15) is 0 Å². The van der Waals surface area contributed by atoms with Gasteiger partial charge in [0.1, 0.15) is 6.10 Å². The standard InChI is InChI=1S/C17H26O4/c1-10-9-20-17(19)6-5-13-8-14(21-12(3)18)7-11(2)16(13,4)15(10)17/h8,10-11,14-15,19H,5-7,9H2,1-4H3/t10-,11+,14+,15-,16-,17+/m1/s1. The Bertz CT molecular complexity index is 485. The summed E-state index contributed by atoms with van der Waals surface area (Å²) in [6.07, 6.45) is 4.29. The number of fused-ring (bicyclic) bond motifs is 3. The Morgan fingerprint density at radius 2 is 2.19 bits per heavy atom. The van der Waals surface area contributed by atoms with Gasteiger partial charge in [0.2, 0.25) is 0 Å². The fourth-order valence-corrected chi connectivity index (χ4v) is 5.04. The van der Waals surface area contributed by atoms with E-state index in [1.807, 2.05) is 0 Å². The van der Waals surface area contributed by atoms with Crippen molar-refractivity contribution in [3.8, 4) is 0 Å². The zero-order chi connectivity index (χ0) is 15.4. The lowest BCUT2D eigenvalue weighted by molar-refractivity contribution is -0.232. The van der Waals surface area contributed by atoms with Crippen LogP contribution in [0.15, 0.2) is 11.6 Å². The number of carbonyl (C=O) groups excluding carboxylic acids is 1. The van der Waals surface area contributed by atoms with Gasteiger partial charge in [-0.1, -0.05) is 26.3 Å². The maximum Gasteiger partial charge on any atom is 0.303 e. The first-order chi connectivity index (χ1) is 9.77. The number of allylic oxidation sites excluding steroid dienone is 1. The topological polar surface area (TPSA) is 55.8 Å². The van der Waals surface area contributed by atoms with Gasteiger partial charge in [-0.15, -0.1) is 0 Å². The lowest BCUT2D eigenvalue weighted by Crippen LogP contribution is -2.55. The summed E-state index contributed by atoms with van der Waals surface area (Å²) in [6.45, 7) is 8.73. The summed E-state index contributed by atoms with van der Waals surface area (Å²) >= 11 is 0. The number of ether oxygens (including phenoxy) is 2. The van der Waals surface area contributed by atoms with Gasteiger partial charge >= 0.3 is 5.97 Å². The first kappa shape index (κ1) is 15.0. The van der Waals surface area contributed by atoms with E-state index in [9.17, 15) is 9.90 Å². The van der Waals surface area contributed by atoms with Crippen LogP contribution in [0.5, 0.6) is 0 Å². The Balaban J connectivity index is 1.97. The molecule has 0 spiro atoms. The maximum absolute atomic E-state index is 11.2. The van der Waals surface area contributed by atoms with Gasteiger partial charge in [-0.25, -0.2) is 0 Å². The largest absolute Gasteiger partial charge is 0.458 e. The SMILES string of the molecule is CC(=O)O[C@@H]1C=C2CC[C@]3(O)OC[C@@H](C)[C@@H]3[C@]2(C)[C@@H](C)C1. The highest BCUT2D eigenvalue weighted by Gasteiger charge is 2.61. The number of carbonyl (C=O) groups is 1. The predicted molar refractivity (Wildman–Crippen MR) is 78.3 cm³/mol. The summed E-state index contributed by atoms with van der Waals surface area (Å²) in [4.78, 5) is 11.2. The molecule has 0 aromatic rings. The molecule has 0 aromatic heterocycles. The van der Waals surface area contributed by atoms with E-state index in [0.717, 1.165) is 12.8 Å². The molecular weight excluding hydrogens is 268 g/mol. The van der Waals surface area contributed by atoms with Crippen LogP contribution in [-0.4, -0.2) is 29.6 Å². The van der Waals surface area contributed by atoms with Crippen LogP contribution in [0.3, 0.4) is 0 Å². The highest BCUT2D eigenvalue weighted by molar-refractivity contribution is 5.66. The van der Waals surface area contributed by atoms with Crippen LogP contribution in [0.25, 0.3) is 0 Å². The quantitative estimate of drug-likeness (QED) is 0.597. The third-order valence-corrected chi connectivity index (χ3v) is 6.06. The number of rotatable bonds is 1. The molecule has 4 heteroatoms. The van der Waals surface area contributed by atoms with Crippen molar-refractivity contribution in [2.75, 3.05) is 6.61 Å². The smallest absolute Gasteiger partial charge is 0.303 e. The molecule has 3 aliphatic rings. The molecular formula is C17H26O4. The molecule has 6 atom stereocenters. The first-order valence-electron chi connectivity index (χ1n) is 8.02. The van der Waals surface area contributed by atoms with Gasteiger partial charge in [0.15, 0.2) is 5.79 Å². The van der Waals surface area contributed by atoms with Crippen molar-refractivity contribution >= 4 is 5.97 Å². The minimum absolute atomic E-state index is 0.0699. The van der Waals surface area contributed by atoms with Gasteiger partial charge in [0, 0.05) is 19.3 Å². The van der Waals surface area contributed by atoms with Crippen molar-refractivity contribution in [1.29, 1.82) is 0 Å². The maximum atomic E-state index is 11.2. The minimum Gasteiger partial charge on any atom is -0.458 e. The molecule has 0 unspecified atom stereocenters. The summed E-state index contributed by atoms with van der Waals surface area (Å²) in [5.41, 5.74) is 1.26. The van der Waals surface area contributed by atoms with Gasteiger partial charge in [-0.05, 0) is 36.2 Å². The number of hydrogen-bond donors (Lipinski definition) is 1. The fourth-order valence-electron chi connectivity index (χ4n) is 5.04. The van der Waals surface area contributed by atoms with Gasteiger partial charge < -0.3 is 14.6 Å². The molecule has 3 rings (SSSR count). The van der Waals surface area contributed by atoms with Crippen molar-refractivity contribution in [1.82, 2.24) is 0 Å². The summed E-state index contributed by atoms with van der Waals surface area (Å²) in [5.74, 6) is -0.385. The molecule has 118 valence electrons. The van der Waals surface area contributed by atoms with E-state index in [4.69, 9.17) is 9.47 Å². The molecule has 1 aliphatic heterocycles. The van der Waals surface area contributed by atoms with E-state index >= 15 is 0 Å². The summed E-state index contributed by atoms with van der Waals surface area (Å²) in [6, 6.07) is 0. The Labute approximate surface area is 126 Å². The van der Waals surface area contributed by atoms with Crippen molar-refractivity contribution in [2.45, 2.75) is 58.8 Å². The van der Waals surface area contributed by atoms with Crippen LogP contribution in [-0.2, 0) is 14.3 Å². The minimum atomic E-state index is -0.978. The highest BCUT2D eigenvalue weighted by atomic mass is 16.6. The molecule has 1 saturated heterocycles. The van der Waals surface area contributed by atoms with Crippen molar-refractivity contribution < 1.29 is 19.4 Å². The van der Waals surface area contributed by atoms with Crippen molar-refractivity contribution in [3.05, 3.63) is 11.6 Å². The molecule has 2 fully saturated rings. The zero-order valence-electron chi connectivity index (χ0n) is 13.4. The second-order valence-electron chi connectivity index (χ2n) is 7.37. The molecule has 21 heavy (non-hydrogen) atoms. The van der Waals surface area contributed by atoms with E-state index in [1.54, 1.807) is 0 Å². The van der Waals surface area contributed by atoms with E-state index in [1.165, 1.54) is 12.5 Å².